The lowest BCUT2D eigenvalue weighted by atomic mass is 9.95. The summed E-state index contributed by atoms with van der Waals surface area (Å²) in [5, 5.41) is 2.51. The predicted molar refractivity (Wildman–Crippen MR) is 120 cm³/mol. The molecule has 5 nitrogen and oxygen atoms in total. The Balaban J connectivity index is 2.20. The highest BCUT2D eigenvalue weighted by Gasteiger charge is 2.30. The van der Waals surface area contributed by atoms with E-state index in [2.05, 4.69) is 5.32 Å². The number of amides is 1. The van der Waals surface area contributed by atoms with Crippen LogP contribution in [0.4, 0.5) is 27.6 Å². The average Bonchev–Trinajstić information content (AvgIpc) is 2.67. The van der Waals surface area contributed by atoms with Crippen LogP contribution in [0.3, 0.4) is 0 Å². The standard InChI is InChI=1S/C23H25F5N2O3S/c1-13(2)9-17-10-18(23(26,27)28)7-5-15(17)6-8-21(31)29-14(3)16-11-19(24)22(20(25)12-16)30-34(4,32)33/h5-8,10-14,30H,9H2,1-4H3,(H,29,31)/t14-/m1/s1. The molecule has 0 heterocycles. The van der Waals surface area contributed by atoms with Gasteiger partial charge in [-0.15, -0.1) is 0 Å². The molecular weight excluding hydrogens is 479 g/mol. The number of sulfonamides is 1. The lowest BCUT2D eigenvalue weighted by Gasteiger charge is -2.16. The maximum atomic E-state index is 14.2. The van der Waals surface area contributed by atoms with Crippen LogP contribution in [0.1, 0.15) is 49.1 Å². The molecule has 0 fully saturated rings. The molecule has 1 amide bonds. The van der Waals surface area contributed by atoms with Crippen molar-refractivity contribution in [3.63, 3.8) is 0 Å². The van der Waals surface area contributed by atoms with Gasteiger partial charge in [0.25, 0.3) is 0 Å². The molecule has 0 unspecified atom stereocenters. The summed E-state index contributed by atoms with van der Waals surface area (Å²) in [5.41, 5.74) is -0.690. The number of halogens is 5. The van der Waals surface area contributed by atoms with Gasteiger partial charge in [-0.25, -0.2) is 17.2 Å². The fraction of sp³-hybridized carbons (Fsp3) is 0.348. The predicted octanol–water partition coefficient (Wildman–Crippen LogP) is 5.44. The van der Waals surface area contributed by atoms with E-state index in [1.165, 1.54) is 19.1 Å². The number of benzene rings is 2. The van der Waals surface area contributed by atoms with Gasteiger partial charge in [0.1, 0.15) is 5.69 Å². The molecule has 186 valence electrons. The van der Waals surface area contributed by atoms with Crippen LogP contribution in [0.25, 0.3) is 6.08 Å². The molecule has 2 rings (SSSR count). The molecule has 0 aliphatic heterocycles. The number of hydrogen-bond donors (Lipinski definition) is 2. The van der Waals surface area contributed by atoms with Gasteiger partial charge in [-0.1, -0.05) is 19.9 Å². The maximum Gasteiger partial charge on any atom is 0.416 e. The summed E-state index contributed by atoms with van der Waals surface area (Å²) < 4.78 is 91.8. The number of carbonyl (C=O) groups excluding carboxylic acids is 1. The van der Waals surface area contributed by atoms with Crippen LogP contribution < -0.4 is 10.0 Å². The van der Waals surface area contributed by atoms with Crippen molar-refractivity contribution in [3.8, 4) is 0 Å². The molecule has 34 heavy (non-hydrogen) atoms. The van der Waals surface area contributed by atoms with E-state index < -0.39 is 51.0 Å². The lowest BCUT2D eigenvalue weighted by Crippen LogP contribution is -2.25. The second-order valence-corrected chi connectivity index (χ2v) is 10.1. The van der Waals surface area contributed by atoms with Gasteiger partial charge < -0.3 is 5.32 Å². The molecule has 0 radical (unpaired) electrons. The molecule has 0 bridgehead atoms. The summed E-state index contributed by atoms with van der Waals surface area (Å²) in [6.45, 7) is 5.18. The minimum Gasteiger partial charge on any atom is -0.346 e. The van der Waals surface area contributed by atoms with Gasteiger partial charge in [-0.3, -0.25) is 9.52 Å². The first-order valence-corrected chi connectivity index (χ1v) is 12.1. The van der Waals surface area contributed by atoms with Crippen LogP contribution in [0.5, 0.6) is 0 Å². The fourth-order valence-corrected chi connectivity index (χ4v) is 3.76. The summed E-state index contributed by atoms with van der Waals surface area (Å²) in [4.78, 5) is 12.3. The number of alkyl halides is 3. The molecule has 2 aromatic carbocycles. The molecule has 0 saturated carbocycles. The van der Waals surface area contributed by atoms with E-state index in [9.17, 15) is 35.2 Å². The summed E-state index contributed by atoms with van der Waals surface area (Å²) in [7, 11) is -3.90. The van der Waals surface area contributed by atoms with Crippen molar-refractivity contribution < 1.29 is 35.2 Å². The third kappa shape index (κ3) is 7.82. The van der Waals surface area contributed by atoms with E-state index in [4.69, 9.17) is 0 Å². The van der Waals surface area contributed by atoms with Gasteiger partial charge in [-0.05, 0) is 66.3 Å². The van der Waals surface area contributed by atoms with E-state index in [-0.39, 0.29) is 11.5 Å². The number of anilines is 1. The molecule has 0 aromatic heterocycles. The molecule has 2 N–H and O–H groups in total. The Kier molecular flexibility index (Phi) is 8.46. The largest absolute Gasteiger partial charge is 0.416 e. The fourth-order valence-electron chi connectivity index (χ4n) is 3.20. The number of hydrogen-bond acceptors (Lipinski definition) is 3. The topological polar surface area (TPSA) is 75.3 Å². The monoisotopic (exact) mass is 504 g/mol. The molecule has 1 atom stereocenters. The lowest BCUT2D eigenvalue weighted by molar-refractivity contribution is -0.137. The van der Waals surface area contributed by atoms with E-state index in [0.29, 0.717) is 17.5 Å². The van der Waals surface area contributed by atoms with Crippen LogP contribution in [0, 0.1) is 17.6 Å². The summed E-state index contributed by atoms with van der Waals surface area (Å²) in [5.74, 6) is -2.86. The SMILES string of the molecule is CC(C)Cc1cc(C(F)(F)F)ccc1C=CC(=O)N[C@H](C)c1cc(F)c(NS(C)(=O)=O)c(F)c1. The first-order chi connectivity index (χ1) is 15.6. The Morgan fingerprint density at radius 2 is 1.65 bits per heavy atom. The Morgan fingerprint density at radius 3 is 2.15 bits per heavy atom. The first kappa shape index (κ1) is 27.3. The normalized spacial score (nSPS) is 13.4. The first-order valence-electron chi connectivity index (χ1n) is 10.2. The Bertz CT molecular complexity index is 1170. The highest BCUT2D eigenvalue weighted by molar-refractivity contribution is 7.92. The third-order valence-corrected chi connectivity index (χ3v) is 5.30. The molecule has 0 aliphatic carbocycles. The van der Waals surface area contributed by atoms with Crippen LogP contribution in [-0.2, 0) is 27.4 Å². The van der Waals surface area contributed by atoms with E-state index in [1.807, 2.05) is 13.8 Å². The van der Waals surface area contributed by atoms with Crippen molar-refractivity contribution in [2.24, 2.45) is 5.92 Å². The minimum atomic E-state index is -4.49. The zero-order valence-corrected chi connectivity index (χ0v) is 19.7. The number of nitrogens with one attached hydrogen (secondary N) is 2. The van der Waals surface area contributed by atoms with Crippen LogP contribution in [0.2, 0.25) is 0 Å². The molecule has 11 heteroatoms. The zero-order chi connectivity index (χ0) is 25.8. The van der Waals surface area contributed by atoms with Crippen LogP contribution in [-0.4, -0.2) is 20.6 Å². The van der Waals surface area contributed by atoms with Crippen LogP contribution >= 0.6 is 0 Å². The van der Waals surface area contributed by atoms with E-state index in [0.717, 1.165) is 36.6 Å². The van der Waals surface area contributed by atoms with Gasteiger partial charge in [0.15, 0.2) is 11.6 Å². The van der Waals surface area contributed by atoms with Gasteiger partial charge >= 0.3 is 6.18 Å². The van der Waals surface area contributed by atoms with Gasteiger partial charge in [0.05, 0.1) is 17.9 Å². The molecule has 0 spiro atoms. The van der Waals surface area contributed by atoms with Gasteiger partial charge in [-0.2, -0.15) is 13.2 Å². The van der Waals surface area contributed by atoms with E-state index >= 15 is 0 Å². The van der Waals surface area contributed by atoms with Crippen molar-refractivity contribution in [1.82, 2.24) is 5.32 Å². The third-order valence-electron chi connectivity index (χ3n) is 4.72. The number of rotatable bonds is 8. The Morgan fingerprint density at radius 1 is 1.06 bits per heavy atom. The van der Waals surface area contributed by atoms with Crippen molar-refractivity contribution in [1.29, 1.82) is 0 Å². The summed E-state index contributed by atoms with van der Waals surface area (Å²) in [6.07, 6.45) is -0.876. The molecule has 0 saturated heterocycles. The Labute approximate surface area is 195 Å². The quantitative estimate of drug-likeness (QED) is 0.371. The highest BCUT2D eigenvalue weighted by atomic mass is 32.2. The maximum absolute atomic E-state index is 14.2. The van der Waals surface area contributed by atoms with Crippen molar-refractivity contribution >= 4 is 27.7 Å². The zero-order valence-electron chi connectivity index (χ0n) is 18.9. The van der Waals surface area contributed by atoms with Crippen molar-refractivity contribution in [2.45, 2.75) is 39.4 Å². The Hall–Kier alpha value is -2.95. The van der Waals surface area contributed by atoms with Gasteiger partial charge in [0, 0.05) is 6.08 Å². The van der Waals surface area contributed by atoms with Crippen molar-refractivity contribution in [2.75, 3.05) is 11.0 Å². The van der Waals surface area contributed by atoms with Crippen molar-refractivity contribution in [3.05, 3.63) is 70.3 Å². The molecular formula is C23H25F5N2O3S. The average molecular weight is 505 g/mol. The van der Waals surface area contributed by atoms with Crippen LogP contribution in [0.15, 0.2) is 36.4 Å². The molecule has 0 aliphatic rings. The van der Waals surface area contributed by atoms with Gasteiger partial charge in [0.2, 0.25) is 15.9 Å². The van der Waals surface area contributed by atoms with E-state index in [1.54, 1.807) is 4.72 Å². The summed E-state index contributed by atoms with van der Waals surface area (Å²) in [6, 6.07) is 4.20. The molecule has 2 aromatic rings. The highest BCUT2D eigenvalue weighted by Crippen LogP contribution is 2.31. The summed E-state index contributed by atoms with van der Waals surface area (Å²) >= 11 is 0. The minimum absolute atomic E-state index is 0.0471. The number of carbonyl (C=O) groups is 1. The smallest absolute Gasteiger partial charge is 0.346 e. The second kappa shape index (κ2) is 10.5. The second-order valence-electron chi connectivity index (χ2n) is 8.31.